The van der Waals surface area contributed by atoms with Gasteiger partial charge in [0.05, 0.1) is 6.67 Å². The number of aliphatic hydroxyl groups is 1. The Labute approximate surface area is 45.3 Å². The lowest BCUT2D eigenvalue weighted by Crippen LogP contribution is -1.57. The van der Waals surface area contributed by atoms with Crippen LogP contribution in [0.2, 0.25) is 0 Å². The van der Waals surface area contributed by atoms with Crippen LogP contribution in [0.15, 0.2) is 0 Å². The summed E-state index contributed by atoms with van der Waals surface area (Å²) in [6, 6.07) is 0. The zero-order valence-electron chi connectivity index (χ0n) is 6.06. The van der Waals surface area contributed by atoms with E-state index in [0.29, 0.717) is 0 Å². The quantitative estimate of drug-likeness (QED) is 0.505. The molecule has 0 aromatic rings. The van der Waals surface area contributed by atoms with Crippen LogP contribution in [0.4, 0.5) is 9.09 Å². The normalized spacial score (nSPS) is 8.86. The standard InChI is InChI=1S/C2H5F.C2H6O.FH/c2*1-2-3;/h2H2,1H3;3H,2H2,1H3;1H/i2*1T;. The largest absolute Gasteiger partial charge is 0.397 e. The van der Waals surface area contributed by atoms with Crippen molar-refractivity contribution in [3.8, 4) is 0 Å². The Morgan fingerprint density at radius 2 is 2.00 bits per heavy atom. The van der Waals surface area contributed by atoms with Gasteiger partial charge >= 0.3 is 0 Å². The van der Waals surface area contributed by atoms with E-state index in [-0.39, 0.29) is 25.1 Å². The molecular weight excluding hydrogens is 102 g/mol. The molecule has 0 saturated carbocycles. The van der Waals surface area contributed by atoms with Crippen LogP contribution in [0, 0.1) is 0 Å². The smallest absolute Gasteiger partial charge is 0.0866 e. The van der Waals surface area contributed by atoms with Gasteiger partial charge < -0.3 is 5.11 Å². The van der Waals surface area contributed by atoms with Crippen molar-refractivity contribution in [2.24, 2.45) is 0 Å². The van der Waals surface area contributed by atoms with Crippen LogP contribution in [0.1, 0.15) is 16.5 Å². The summed E-state index contributed by atoms with van der Waals surface area (Å²) in [6.07, 6.45) is 0. The Morgan fingerprint density at radius 1 is 1.71 bits per heavy atom. The van der Waals surface area contributed by atoms with Crippen molar-refractivity contribution in [1.29, 1.82) is 0 Å². The molecule has 0 aliphatic rings. The summed E-state index contributed by atoms with van der Waals surface area (Å²) in [7, 11) is 0. The van der Waals surface area contributed by atoms with E-state index in [4.69, 9.17) is 7.85 Å². The fourth-order valence-electron chi connectivity index (χ4n) is 0. The average molecular weight is 118 g/mol. The van der Waals surface area contributed by atoms with E-state index in [9.17, 15) is 4.39 Å². The van der Waals surface area contributed by atoms with Crippen molar-refractivity contribution in [3.05, 3.63) is 0 Å². The second-order valence-electron chi connectivity index (χ2n) is 0.413. The molecule has 0 atom stereocenters. The van der Waals surface area contributed by atoms with Gasteiger partial charge in [-0.15, -0.1) is 0 Å². The van der Waals surface area contributed by atoms with Gasteiger partial charge in [-0.3, -0.25) is 9.09 Å². The minimum Gasteiger partial charge on any atom is -0.397 e. The number of hydrogen-bond acceptors (Lipinski definition) is 1. The maximum Gasteiger partial charge on any atom is 0.0866 e. The molecule has 0 spiro atoms. The molecule has 0 amide bonds. The number of halogens is 2. The minimum absolute atomic E-state index is 0. The van der Waals surface area contributed by atoms with E-state index in [1.807, 2.05) is 0 Å². The van der Waals surface area contributed by atoms with Crippen LogP contribution in [0.5, 0.6) is 0 Å². The molecule has 1 N–H and O–H groups in total. The first-order chi connectivity index (χ1) is 3.83. The second kappa shape index (κ2) is 40.8. The van der Waals surface area contributed by atoms with E-state index in [1.165, 1.54) is 0 Å². The van der Waals surface area contributed by atoms with E-state index in [0.717, 1.165) is 0 Å². The van der Waals surface area contributed by atoms with Crippen LogP contribution in [-0.4, -0.2) is 18.4 Å². The van der Waals surface area contributed by atoms with Crippen LogP contribution >= 0.6 is 0 Å². The molecule has 48 valence electrons. The topological polar surface area (TPSA) is 20.2 Å². The molecule has 7 heavy (non-hydrogen) atoms. The van der Waals surface area contributed by atoms with Crippen molar-refractivity contribution in [3.63, 3.8) is 0 Å². The van der Waals surface area contributed by atoms with Gasteiger partial charge in [0, 0.05) is 9.35 Å². The highest BCUT2D eigenvalue weighted by molar-refractivity contribution is 3.86. The fraction of sp³-hybridized carbons (Fsp3) is 1.00. The predicted octanol–water partition coefficient (Wildman–Crippen LogP) is 1.13. The van der Waals surface area contributed by atoms with Gasteiger partial charge in [-0.2, -0.15) is 0 Å². The second-order valence-corrected chi connectivity index (χ2v) is 0.413. The van der Waals surface area contributed by atoms with Crippen molar-refractivity contribution in [2.45, 2.75) is 13.8 Å². The zero-order valence-corrected chi connectivity index (χ0v) is 4.06. The molecule has 0 aromatic carbocycles. The van der Waals surface area contributed by atoms with Gasteiger partial charge in [0.1, 0.15) is 0 Å². The summed E-state index contributed by atoms with van der Waals surface area (Å²) in [5, 5.41) is 7.69. The highest BCUT2D eigenvalue weighted by Crippen LogP contribution is 1.48. The summed E-state index contributed by atoms with van der Waals surface area (Å²) < 4.78 is 22.8. The summed E-state index contributed by atoms with van der Waals surface area (Å²) in [6.45, 7) is -0.500. The Kier molecular flexibility index (Phi) is 39.8. The van der Waals surface area contributed by atoms with Gasteiger partial charge in [-0.1, -0.05) is 0 Å². The molecule has 0 rings (SSSR count). The Morgan fingerprint density at radius 3 is 2.00 bits per heavy atom. The third-order valence-electron chi connectivity index (χ3n) is 0. The number of aliphatic hydroxyl groups excluding tert-OH is 1. The average Bonchev–Trinajstić information content (AvgIpc) is 1.88. The first-order valence-corrected chi connectivity index (χ1v) is 1.58. The summed E-state index contributed by atoms with van der Waals surface area (Å²) in [5.74, 6) is 0. The molecular formula is C4H12F2O. The molecule has 0 aliphatic carbocycles. The lowest BCUT2D eigenvalue weighted by Gasteiger charge is -1.52. The van der Waals surface area contributed by atoms with Crippen LogP contribution in [0.25, 0.3) is 0 Å². The molecule has 3 heteroatoms. The zero-order chi connectivity index (χ0) is 6.83. The molecule has 0 radical (unpaired) electrons. The lowest BCUT2D eigenvalue weighted by molar-refractivity contribution is 0.318. The van der Waals surface area contributed by atoms with Crippen LogP contribution in [-0.2, 0) is 0 Å². The van der Waals surface area contributed by atoms with Gasteiger partial charge in [0.25, 0.3) is 0 Å². The van der Waals surface area contributed by atoms with Crippen LogP contribution in [0.3, 0.4) is 0 Å². The third-order valence-corrected chi connectivity index (χ3v) is 0. The Hall–Kier alpha value is -0.180. The molecule has 0 aliphatic heterocycles. The number of alkyl halides is 1. The van der Waals surface area contributed by atoms with Crippen molar-refractivity contribution in [1.82, 2.24) is 0 Å². The molecule has 1 nitrogen and oxygen atoms in total. The third kappa shape index (κ3) is 2620. The molecule has 0 saturated heterocycles. The lowest BCUT2D eigenvalue weighted by atomic mass is 10.9. The maximum atomic E-state index is 10.5. The molecule has 0 fully saturated rings. The number of rotatable bonds is 0. The highest BCUT2D eigenvalue weighted by Gasteiger charge is 1.39. The summed E-state index contributed by atoms with van der Waals surface area (Å²) in [4.78, 5) is 0. The van der Waals surface area contributed by atoms with Gasteiger partial charge in [0.15, 0.2) is 0 Å². The molecule has 0 bridgehead atoms. The first-order valence-electron chi connectivity index (χ1n) is 3.00. The number of hydrogen-bond donors (Lipinski definition) is 1. The van der Waals surface area contributed by atoms with E-state index in [1.54, 1.807) is 0 Å². The van der Waals surface area contributed by atoms with E-state index >= 15 is 0 Å². The van der Waals surface area contributed by atoms with Crippen molar-refractivity contribution in [2.75, 3.05) is 13.3 Å². The van der Waals surface area contributed by atoms with Crippen LogP contribution < -0.4 is 0 Å². The Bertz CT molecular complexity index is 24.5. The summed E-state index contributed by atoms with van der Waals surface area (Å²) >= 11 is 0. The molecule has 0 aromatic heterocycles. The fourth-order valence-corrected chi connectivity index (χ4v) is 0. The van der Waals surface area contributed by atoms with E-state index < -0.39 is 6.67 Å². The monoisotopic (exact) mass is 118 g/mol. The van der Waals surface area contributed by atoms with Crippen molar-refractivity contribution < 1.29 is 16.9 Å². The SMILES string of the molecule is F.[3H]CCF.[3H]CCO. The molecule has 0 heterocycles. The highest BCUT2D eigenvalue weighted by atomic mass is 19.1. The first kappa shape index (κ1) is 6.82. The predicted molar refractivity (Wildman–Crippen MR) is 26.9 cm³/mol. The van der Waals surface area contributed by atoms with Gasteiger partial charge in [0.2, 0.25) is 0 Å². The van der Waals surface area contributed by atoms with Crippen molar-refractivity contribution >= 4 is 0 Å². The molecule has 0 unspecified atom stereocenters. The van der Waals surface area contributed by atoms with Gasteiger partial charge in [-0.25, -0.2) is 0 Å². The Balaban J connectivity index is -0.0000000720. The van der Waals surface area contributed by atoms with E-state index in [2.05, 4.69) is 0 Å². The van der Waals surface area contributed by atoms with Gasteiger partial charge in [-0.05, 0) is 13.8 Å². The minimum atomic E-state index is -0.514. The maximum absolute atomic E-state index is 10.5. The summed E-state index contributed by atoms with van der Waals surface area (Å²) in [5.41, 5.74) is 0.